The van der Waals surface area contributed by atoms with Crippen LogP contribution in [-0.4, -0.2) is 4.57 Å². The molecule has 0 aliphatic heterocycles. The lowest BCUT2D eigenvalue weighted by Gasteiger charge is -2.17. The molecule has 1 unspecified atom stereocenters. The second-order valence-electron chi connectivity index (χ2n) is 6.18. The molecular weight excluding hydrogens is 334 g/mol. The minimum absolute atomic E-state index is 0.756. The van der Waals surface area contributed by atoms with Crippen molar-refractivity contribution in [2.24, 2.45) is 5.92 Å². The van der Waals surface area contributed by atoms with E-state index in [9.17, 15) is 0 Å². The van der Waals surface area contributed by atoms with Gasteiger partial charge in [0.15, 0.2) is 0 Å². The molecule has 0 bridgehead atoms. The molecule has 1 heterocycles. The zero-order valence-electron chi connectivity index (χ0n) is 13.5. The summed E-state index contributed by atoms with van der Waals surface area (Å²) in [6.45, 7) is 5.72. The van der Waals surface area contributed by atoms with Crippen LogP contribution in [0.1, 0.15) is 39.5 Å². The van der Waals surface area contributed by atoms with Gasteiger partial charge in [0.05, 0.1) is 5.52 Å². The summed E-state index contributed by atoms with van der Waals surface area (Å²) in [6.07, 6.45) is 5.19. The van der Waals surface area contributed by atoms with Gasteiger partial charge >= 0.3 is 0 Å². The number of para-hydroxylation sites is 2. The van der Waals surface area contributed by atoms with Gasteiger partial charge in [0.2, 0.25) is 0 Å². The Morgan fingerprint density at radius 1 is 1.00 bits per heavy atom. The Hall–Kier alpha value is -1.28. The third kappa shape index (κ3) is 2.81. The van der Waals surface area contributed by atoms with Crippen LogP contribution < -0.4 is 0 Å². The SMILES string of the molecule is CCCCC(CC)Cn1c2ccccc2c2cccc(Br)c21. The molecule has 0 saturated carbocycles. The van der Waals surface area contributed by atoms with Crippen molar-refractivity contribution >= 4 is 37.7 Å². The maximum atomic E-state index is 3.77. The molecule has 2 heteroatoms. The molecule has 0 fully saturated rings. The maximum Gasteiger partial charge on any atom is 0.0635 e. The Morgan fingerprint density at radius 3 is 2.55 bits per heavy atom. The number of aromatic nitrogens is 1. The molecule has 0 radical (unpaired) electrons. The molecule has 2 aromatic carbocycles. The number of hydrogen-bond donors (Lipinski definition) is 0. The number of unbranched alkanes of at least 4 members (excludes halogenated alkanes) is 1. The highest BCUT2D eigenvalue weighted by Crippen LogP contribution is 2.34. The third-order valence-corrected chi connectivity index (χ3v) is 5.37. The van der Waals surface area contributed by atoms with Gasteiger partial charge in [0.25, 0.3) is 0 Å². The molecule has 1 nitrogen and oxygen atoms in total. The van der Waals surface area contributed by atoms with Gasteiger partial charge in [-0.3, -0.25) is 0 Å². The van der Waals surface area contributed by atoms with Crippen molar-refractivity contribution < 1.29 is 0 Å². The lowest BCUT2D eigenvalue weighted by atomic mass is 9.99. The highest BCUT2D eigenvalue weighted by Gasteiger charge is 2.15. The van der Waals surface area contributed by atoms with Gasteiger partial charge in [-0.1, -0.05) is 63.4 Å². The molecule has 0 spiro atoms. The summed E-state index contributed by atoms with van der Waals surface area (Å²) in [7, 11) is 0. The van der Waals surface area contributed by atoms with Crippen LogP contribution in [0.25, 0.3) is 21.8 Å². The minimum atomic E-state index is 0.756. The van der Waals surface area contributed by atoms with Gasteiger partial charge in [0, 0.05) is 27.3 Å². The van der Waals surface area contributed by atoms with Crippen molar-refractivity contribution in [3.63, 3.8) is 0 Å². The van der Waals surface area contributed by atoms with Crippen LogP contribution >= 0.6 is 15.9 Å². The highest BCUT2D eigenvalue weighted by atomic mass is 79.9. The van der Waals surface area contributed by atoms with Crippen LogP contribution in [0.4, 0.5) is 0 Å². The van der Waals surface area contributed by atoms with Crippen molar-refractivity contribution in [2.45, 2.75) is 46.1 Å². The Labute approximate surface area is 141 Å². The van der Waals surface area contributed by atoms with Crippen molar-refractivity contribution in [3.05, 3.63) is 46.9 Å². The normalized spacial score (nSPS) is 13.0. The van der Waals surface area contributed by atoms with Crippen LogP contribution in [-0.2, 0) is 6.54 Å². The molecule has 116 valence electrons. The van der Waals surface area contributed by atoms with Crippen molar-refractivity contribution in [1.82, 2.24) is 4.57 Å². The van der Waals surface area contributed by atoms with Crippen molar-refractivity contribution in [1.29, 1.82) is 0 Å². The Kier molecular flexibility index (Phi) is 4.87. The van der Waals surface area contributed by atoms with Gasteiger partial charge in [0.1, 0.15) is 0 Å². The first-order valence-electron chi connectivity index (χ1n) is 8.41. The van der Waals surface area contributed by atoms with Crippen LogP contribution in [0.5, 0.6) is 0 Å². The van der Waals surface area contributed by atoms with E-state index in [4.69, 9.17) is 0 Å². The van der Waals surface area contributed by atoms with Crippen LogP contribution in [0.3, 0.4) is 0 Å². The van der Waals surface area contributed by atoms with Crippen molar-refractivity contribution in [3.8, 4) is 0 Å². The fourth-order valence-corrected chi connectivity index (χ4v) is 4.01. The molecule has 22 heavy (non-hydrogen) atoms. The maximum absolute atomic E-state index is 3.77. The van der Waals surface area contributed by atoms with E-state index in [0.29, 0.717) is 0 Å². The molecule has 3 rings (SSSR count). The van der Waals surface area contributed by atoms with E-state index in [-0.39, 0.29) is 0 Å². The first-order chi connectivity index (χ1) is 10.8. The molecule has 0 aliphatic carbocycles. The second kappa shape index (κ2) is 6.87. The minimum Gasteiger partial charge on any atom is -0.339 e. The van der Waals surface area contributed by atoms with E-state index in [1.807, 2.05) is 0 Å². The van der Waals surface area contributed by atoms with E-state index in [0.717, 1.165) is 12.5 Å². The number of hydrogen-bond acceptors (Lipinski definition) is 0. The van der Waals surface area contributed by atoms with E-state index in [2.05, 4.69) is 76.8 Å². The number of nitrogens with zero attached hydrogens (tertiary/aromatic N) is 1. The molecule has 0 saturated heterocycles. The summed E-state index contributed by atoms with van der Waals surface area (Å²) in [4.78, 5) is 0. The monoisotopic (exact) mass is 357 g/mol. The Morgan fingerprint density at radius 2 is 1.77 bits per heavy atom. The van der Waals surface area contributed by atoms with Gasteiger partial charge in [-0.15, -0.1) is 0 Å². The highest BCUT2D eigenvalue weighted by molar-refractivity contribution is 9.10. The molecule has 0 aliphatic rings. The molecule has 1 atom stereocenters. The zero-order chi connectivity index (χ0) is 15.5. The zero-order valence-corrected chi connectivity index (χ0v) is 15.1. The van der Waals surface area contributed by atoms with E-state index >= 15 is 0 Å². The topological polar surface area (TPSA) is 4.93 Å². The first kappa shape index (κ1) is 15.6. The summed E-state index contributed by atoms with van der Waals surface area (Å²) in [5.41, 5.74) is 2.71. The van der Waals surface area contributed by atoms with Gasteiger partial charge in [-0.2, -0.15) is 0 Å². The summed E-state index contributed by atoms with van der Waals surface area (Å²) >= 11 is 3.77. The van der Waals surface area contributed by atoms with Gasteiger partial charge < -0.3 is 4.57 Å². The Bertz CT molecular complexity index is 772. The number of benzene rings is 2. The lowest BCUT2D eigenvalue weighted by Crippen LogP contribution is -2.10. The molecule has 3 aromatic rings. The van der Waals surface area contributed by atoms with Crippen LogP contribution in [0.2, 0.25) is 0 Å². The summed E-state index contributed by atoms with van der Waals surface area (Å²) < 4.78 is 3.73. The first-order valence-corrected chi connectivity index (χ1v) is 9.21. The Balaban J connectivity index is 2.13. The second-order valence-corrected chi connectivity index (χ2v) is 7.03. The lowest BCUT2D eigenvalue weighted by molar-refractivity contribution is 0.401. The predicted octanol–water partition coefficient (Wildman–Crippen LogP) is 6.77. The number of halogens is 1. The van der Waals surface area contributed by atoms with Crippen molar-refractivity contribution in [2.75, 3.05) is 0 Å². The molecule has 0 N–H and O–H groups in total. The fraction of sp³-hybridized carbons (Fsp3) is 0.400. The standard InChI is InChI=1S/C20H24BrN/c1-3-5-9-15(4-2)14-22-19-13-7-6-10-16(19)17-11-8-12-18(21)20(17)22/h6-8,10-13,15H,3-5,9,14H2,1-2H3. The fourth-order valence-electron chi connectivity index (χ4n) is 3.43. The van der Waals surface area contributed by atoms with E-state index in [1.54, 1.807) is 0 Å². The summed E-state index contributed by atoms with van der Waals surface area (Å²) in [5.74, 6) is 0.756. The number of fused-ring (bicyclic) bond motifs is 3. The average Bonchev–Trinajstić information content (AvgIpc) is 2.87. The van der Waals surface area contributed by atoms with E-state index < -0.39 is 0 Å². The number of rotatable bonds is 6. The smallest absolute Gasteiger partial charge is 0.0635 e. The van der Waals surface area contributed by atoms with Gasteiger partial charge in [-0.05, 0) is 40.4 Å². The summed E-state index contributed by atoms with van der Waals surface area (Å²) in [5, 5.41) is 2.72. The van der Waals surface area contributed by atoms with Gasteiger partial charge in [-0.25, -0.2) is 0 Å². The summed E-state index contributed by atoms with van der Waals surface area (Å²) in [6, 6.07) is 15.3. The van der Waals surface area contributed by atoms with E-state index in [1.165, 1.54) is 52.0 Å². The largest absolute Gasteiger partial charge is 0.339 e. The average molecular weight is 358 g/mol. The molecule has 1 aromatic heterocycles. The van der Waals surface area contributed by atoms with Crippen LogP contribution in [0.15, 0.2) is 46.9 Å². The predicted molar refractivity (Wildman–Crippen MR) is 100 cm³/mol. The molecule has 0 amide bonds. The van der Waals surface area contributed by atoms with Crippen LogP contribution in [0, 0.1) is 5.92 Å². The molecular formula is C20H24BrN. The third-order valence-electron chi connectivity index (χ3n) is 4.73. The quantitative estimate of drug-likeness (QED) is 0.458.